The van der Waals surface area contributed by atoms with Crippen molar-refractivity contribution in [1.29, 1.82) is 0 Å². The number of nitrogens with two attached hydrogens (primary N) is 1. The standard InChI is InChI=1S/C11H20N6O3/c1-8(2)4-20-7-17(6-18)11-15-9(12)14-10(16-11)13-5-19-3/h6,8H,4-5,7H2,1-3H3,(H3,12,13,14,15,16). The lowest BCUT2D eigenvalue weighted by Crippen LogP contribution is -2.28. The van der Waals surface area contributed by atoms with Gasteiger partial charge in [-0.1, -0.05) is 13.8 Å². The van der Waals surface area contributed by atoms with Crippen LogP contribution in [0.2, 0.25) is 0 Å². The van der Waals surface area contributed by atoms with Gasteiger partial charge in [0.1, 0.15) is 13.5 Å². The molecule has 1 aromatic rings. The molecule has 0 unspecified atom stereocenters. The first-order valence-electron chi connectivity index (χ1n) is 6.10. The third kappa shape index (κ3) is 5.33. The van der Waals surface area contributed by atoms with E-state index in [0.717, 1.165) is 0 Å². The van der Waals surface area contributed by atoms with Gasteiger partial charge in [0.25, 0.3) is 0 Å². The minimum Gasteiger partial charge on any atom is -0.368 e. The Hall–Kier alpha value is -2.00. The first-order chi connectivity index (χ1) is 9.56. The Balaban J connectivity index is 2.75. The zero-order valence-electron chi connectivity index (χ0n) is 11.9. The minimum atomic E-state index is 0.00399. The van der Waals surface area contributed by atoms with Gasteiger partial charge in [0.05, 0.1) is 6.61 Å². The van der Waals surface area contributed by atoms with E-state index in [0.29, 0.717) is 18.9 Å². The summed E-state index contributed by atoms with van der Waals surface area (Å²) in [5, 5.41) is 2.78. The quantitative estimate of drug-likeness (QED) is 0.483. The number of carbonyl (C=O) groups is 1. The fraction of sp³-hybridized carbons (Fsp3) is 0.636. The average molecular weight is 284 g/mol. The van der Waals surface area contributed by atoms with E-state index in [1.54, 1.807) is 0 Å². The second-order valence-electron chi connectivity index (χ2n) is 4.40. The van der Waals surface area contributed by atoms with Crippen molar-refractivity contribution in [1.82, 2.24) is 15.0 Å². The van der Waals surface area contributed by atoms with Gasteiger partial charge >= 0.3 is 0 Å². The number of rotatable bonds is 9. The number of nitrogens with zero attached hydrogens (tertiary/aromatic N) is 4. The van der Waals surface area contributed by atoms with Crippen molar-refractivity contribution in [2.75, 3.05) is 43.1 Å². The maximum absolute atomic E-state index is 11.1. The molecule has 112 valence electrons. The monoisotopic (exact) mass is 284 g/mol. The predicted molar refractivity (Wildman–Crippen MR) is 73.9 cm³/mol. The smallest absolute Gasteiger partial charge is 0.240 e. The van der Waals surface area contributed by atoms with E-state index in [-0.39, 0.29) is 31.3 Å². The first-order valence-corrected chi connectivity index (χ1v) is 6.10. The normalized spacial score (nSPS) is 10.6. The van der Waals surface area contributed by atoms with Crippen LogP contribution in [0.4, 0.5) is 17.8 Å². The van der Waals surface area contributed by atoms with Crippen molar-refractivity contribution in [2.24, 2.45) is 5.92 Å². The third-order valence-electron chi connectivity index (χ3n) is 2.08. The van der Waals surface area contributed by atoms with E-state index in [9.17, 15) is 4.79 Å². The highest BCUT2D eigenvalue weighted by Crippen LogP contribution is 2.10. The van der Waals surface area contributed by atoms with Crippen molar-refractivity contribution < 1.29 is 14.3 Å². The summed E-state index contributed by atoms with van der Waals surface area (Å²) in [4.78, 5) is 24.1. The Morgan fingerprint density at radius 2 is 2.15 bits per heavy atom. The molecule has 1 amide bonds. The summed E-state index contributed by atoms with van der Waals surface area (Å²) in [6.07, 6.45) is 0.579. The molecule has 0 aromatic carbocycles. The van der Waals surface area contributed by atoms with Crippen LogP contribution in [0.15, 0.2) is 0 Å². The molecular weight excluding hydrogens is 264 g/mol. The summed E-state index contributed by atoms with van der Waals surface area (Å²) in [7, 11) is 1.52. The van der Waals surface area contributed by atoms with Crippen LogP contribution in [0.25, 0.3) is 0 Å². The van der Waals surface area contributed by atoms with Gasteiger partial charge in [-0.15, -0.1) is 0 Å². The van der Waals surface area contributed by atoms with E-state index in [4.69, 9.17) is 15.2 Å². The molecule has 3 N–H and O–H groups in total. The van der Waals surface area contributed by atoms with Crippen molar-refractivity contribution in [3.8, 4) is 0 Å². The molecule has 9 nitrogen and oxygen atoms in total. The lowest BCUT2D eigenvalue weighted by molar-refractivity contribution is -0.108. The number of aromatic nitrogens is 3. The summed E-state index contributed by atoms with van der Waals surface area (Å²) < 4.78 is 10.2. The molecule has 0 spiro atoms. The Labute approximate surface area is 117 Å². The summed E-state index contributed by atoms with van der Waals surface area (Å²) in [5.41, 5.74) is 5.57. The topological polar surface area (TPSA) is 115 Å². The molecule has 20 heavy (non-hydrogen) atoms. The van der Waals surface area contributed by atoms with E-state index in [2.05, 4.69) is 20.3 Å². The van der Waals surface area contributed by atoms with Crippen LogP contribution < -0.4 is 16.0 Å². The number of amides is 1. The van der Waals surface area contributed by atoms with Gasteiger partial charge in [0, 0.05) is 7.11 Å². The Kier molecular flexibility index (Phi) is 6.60. The van der Waals surface area contributed by atoms with Crippen molar-refractivity contribution in [2.45, 2.75) is 13.8 Å². The maximum Gasteiger partial charge on any atom is 0.240 e. The molecule has 0 aliphatic heterocycles. The van der Waals surface area contributed by atoms with Gasteiger partial charge in [-0.25, -0.2) is 0 Å². The molecule has 9 heteroatoms. The summed E-state index contributed by atoms with van der Waals surface area (Å²) >= 11 is 0. The third-order valence-corrected chi connectivity index (χ3v) is 2.08. The molecule has 0 bridgehead atoms. The molecule has 0 saturated carbocycles. The highest BCUT2D eigenvalue weighted by Gasteiger charge is 2.12. The maximum atomic E-state index is 11.1. The van der Waals surface area contributed by atoms with Gasteiger partial charge in [0.15, 0.2) is 0 Å². The summed E-state index contributed by atoms with van der Waals surface area (Å²) in [6, 6.07) is 0. The van der Waals surface area contributed by atoms with Crippen LogP contribution in [0.3, 0.4) is 0 Å². The SMILES string of the molecule is COCNc1nc(N)nc(N(C=O)COCC(C)C)n1. The van der Waals surface area contributed by atoms with E-state index >= 15 is 0 Å². The fourth-order valence-electron chi connectivity index (χ4n) is 1.25. The molecule has 0 radical (unpaired) electrons. The van der Waals surface area contributed by atoms with E-state index < -0.39 is 0 Å². The highest BCUT2D eigenvalue weighted by molar-refractivity contribution is 5.71. The van der Waals surface area contributed by atoms with Crippen LogP contribution in [0.5, 0.6) is 0 Å². The molecule has 0 atom stereocenters. The molecule has 0 aliphatic carbocycles. The zero-order chi connectivity index (χ0) is 15.0. The largest absolute Gasteiger partial charge is 0.368 e. The highest BCUT2D eigenvalue weighted by atomic mass is 16.5. The molecule has 0 aliphatic rings. The lowest BCUT2D eigenvalue weighted by atomic mass is 10.2. The number of hydrogen-bond donors (Lipinski definition) is 2. The van der Waals surface area contributed by atoms with Crippen molar-refractivity contribution in [3.05, 3.63) is 0 Å². The van der Waals surface area contributed by atoms with Gasteiger partial charge in [0.2, 0.25) is 24.3 Å². The van der Waals surface area contributed by atoms with Crippen LogP contribution in [0, 0.1) is 5.92 Å². The zero-order valence-corrected chi connectivity index (χ0v) is 11.9. The number of anilines is 3. The second kappa shape index (κ2) is 8.23. The van der Waals surface area contributed by atoms with Gasteiger partial charge in [-0.2, -0.15) is 15.0 Å². The van der Waals surface area contributed by atoms with E-state index in [1.807, 2.05) is 13.8 Å². The predicted octanol–water partition coefficient (Wildman–Crippen LogP) is 0.0625. The van der Waals surface area contributed by atoms with E-state index in [1.165, 1.54) is 12.0 Å². The van der Waals surface area contributed by atoms with Crippen LogP contribution in [0.1, 0.15) is 13.8 Å². The minimum absolute atomic E-state index is 0.00399. The first kappa shape index (κ1) is 16.1. The molecule has 1 heterocycles. The fourth-order valence-corrected chi connectivity index (χ4v) is 1.25. The Bertz CT molecular complexity index is 429. The molecule has 1 rings (SSSR count). The van der Waals surface area contributed by atoms with Crippen LogP contribution in [-0.2, 0) is 14.3 Å². The molecule has 0 saturated heterocycles. The van der Waals surface area contributed by atoms with Crippen LogP contribution >= 0.6 is 0 Å². The van der Waals surface area contributed by atoms with Crippen LogP contribution in [-0.4, -0.2) is 48.5 Å². The van der Waals surface area contributed by atoms with Gasteiger partial charge in [-0.3, -0.25) is 9.69 Å². The summed E-state index contributed by atoms with van der Waals surface area (Å²) in [5.74, 6) is 0.718. The van der Waals surface area contributed by atoms with Gasteiger partial charge in [-0.05, 0) is 5.92 Å². The molecule has 1 aromatic heterocycles. The number of carbonyl (C=O) groups excluding carboxylic acids is 1. The van der Waals surface area contributed by atoms with Crippen molar-refractivity contribution in [3.63, 3.8) is 0 Å². The lowest BCUT2D eigenvalue weighted by Gasteiger charge is -2.17. The number of ether oxygens (including phenoxy) is 2. The number of methoxy groups -OCH3 is 1. The summed E-state index contributed by atoms with van der Waals surface area (Å²) in [6.45, 7) is 4.82. The van der Waals surface area contributed by atoms with Crippen molar-refractivity contribution >= 4 is 24.3 Å². The number of nitrogens with one attached hydrogen (secondary N) is 1. The Morgan fingerprint density at radius 1 is 1.40 bits per heavy atom. The second-order valence-corrected chi connectivity index (χ2v) is 4.40. The Morgan fingerprint density at radius 3 is 2.75 bits per heavy atom. The molecular formula is C11H20N6O3. The van der Waals surface area contributed by atoms with Gasteiger partial charge < -0.3 is 20.5 Å². The number of hydrogen-bond acceptors (Lipinski definition) is 8. The molecule has 0 fully saturated rings. The average Bonchev–Trinajstić information content (AvgIpc) is 2.40. The number of nitrogen functional groups attached to an aromatic ring is 1.